The summed E-state index contributed by atoms with van der Waals surface area (Å²) in [6.07, 6.45) is -3.41. The van der Waals surface area contributed by atoms with Crippen LogP contribution in [0.4, 0.5) is 17.6 Å². The molecule has 1 aliphatic rings. The molecule has 0 spiro atoms. The van der Waals surface area contributed by atoms with Gasteiger partial charge in [0.2, 0.25) is 5.75 Å². The Hall–Kier alpha value is -3.85. The van der Waals surface area contributed by atoms with Crippen LogP contribution in [-0.4, -0.2) is 15.5 Å². The fraction of sp³-hybridized carbons (Fsp3) is 0.158. The van der Waals surface area contributed by atoms with Crippen molar-refractivity contribution in [2.45, 2.75) is 19.6 Å². The molecule has 13 heteroatoms. The van der Waals surface area contributed by atoms with Gasteiger partial charge in [0, 0.05) is 5.02 Å². The molecule has 0 bridgehead atoms. The summed E-state index contributed by atoms with van der Waals surface area (Å²) in [4.78, 5) is 27.6. The van der Waals surface area contributed by atoms with Gasteiger partial charge in [-0.15, -0.1) is 10.2 Å². The first-order valence-electron chi connectivity index (χ1n) is 8.58. The van der Waals surface area contributed by atoms with Crippen LogP contribution in [0, 0.1) is 11.3 Å². The number of carbonyl (C=O) groups is 1. The molecule has 1 amide bonds. The molecule has 8 nitrogen and oxygen atoms in total. The number of aromatic nitrogens is 2. The number of nitrogens with zero attached hydrogens (tertiary/aromatic N) is 5. The lowest BCUT2D eigenvalue weighted by molar-refractivity contribution is -0.142. The first-order valence-corrected chi connectivity index (χ1v) is 8.95. The van der Waals surface area contributed by atoms with E-state index in [-0.39, 0.29) is 22.0 Å². The van der Waals surface area contributed by atoms with E-state index < -0.39 is 47.0 Å². The van der Waals surface area contributed by atoms with Crippen molar-refractivity contribution in [1.82, 2.24) is 9.55 Å². The fourth-order valence-corrected chi connectivity index (χ4v) is 2.83. The van der Waals surface area contributed by atoms with Crippen LogP contribution in [-0.2, 0) is 17.5 Å². The van der Waals surface area contributed by atoms with Crippen LogP contribution in [0.2, 0.25) is 5.02 Å². The zero-order valence-electron chi connectivity index (χ0n) is 15.9. The van der Waals surface area contributed by atoms with Crippen molar-refractivity contribution in [2.24, 2.45) is 10.2 Å². The van der Waals surface area contributed by atoms with Crippen LogP contribution in [0.25, 0.3) is 0 Å². The van der Waals surface area contributed by atoms with Gasteiger partial charge in [0.05, 0.1) is 35.8 Å². The van der Waals surface area contributed by atoms with Crippen LogP contribution in [0.1, 0.15) is 18.2 Å². The van der Waals surface area contributed by atoms with E-state index in [1.54, 1.807) is 6.07 Å². The summed E-state index contributed by atoms with van der Waals surface area (Å²) in [5, 5.41) is 15.8. The van der Waals surface area contributed by atoms with E-state index in [4.69, 9.17) is 21.6 Å². The SMILES string of the molecule is C/C(F)=C1/C=C(Cn2cnc(C(F)(F)F)c(Oc3cc(Cl)cc(C#N)c3)c2=O)N=NC1=O. The van der Waals surface area contributed by atoms with Gasteiger partial charge < -0.3 is 4.74 Å². The van der Waals surface area contributed by atoms with Crippen molar-refractivity contribution in [3.8, 4) is 17.6 Å². The van der Waals surface area contributed by atoms with E-state index in [1.807, 2.05) is 0 Å². The molecule has 0 fully saturated rings. The van der Waals surface area contributed by atoms with Crippen LogP contribution in [0.15, 0.2) is 62.7 Å². The maximum Gasteiger partial charge on any atom is 0.437 e. The Morgan fingerprint density at radius 3 is 2.59 bits per heavy atom. The van der Waals surface area contributed by atoms with Gasteiger partial charge in [-0.2, -0.15) is 18.4 Å². The molecule has 0 saturated heterocycles. The Morgan fingerprint density at radius 1 is 1.25 bits per heavy atom. The normalized spacial score (nSPS) is 15.3. The molecule has 2 aromatic rings. The molecule has 2 heterocycles. The quantitative estimate of drug-likeness (QED) is 0.478. The Bertz CT molecular complexity index is 1300. The number of azo groups is 1. The lowest BCUT2D eigenvalue weighted by Gasteiger charge is -2.15. The standard InChI is InChI=1S/C19H10ClF4N5O3/c1-9(21)14-5-12(27-28-17(14)30)7-29-8-26-16(19(22,23)24)15(18(29)31)32-13-3-10(6-25)2-11(20)4-13/h2-5,8H,7H2,1H3/b14-9+. The number of amides is 1. The van der Waals surface area contributed by atoms with E-state index in [1.165, 1.54) is 6.07 Å². The van der Waals surface area contributed by atoms with Gasteiger partial charge in [0.25, 0.3) is 11.5 Å². The minimum absolute atomic E-state index is 0.00447. The molecular formula is C19H10ClF4N5O3. The van der Waals surface area contributed by atoms with Crippen molar-refractivity contribution in [3.63, 3.8) is 0 Å². The van der Waals surface area contributed by atoms with E-state index >= 15 is 0 Å². The Morgan fingerprint density at radius 2 is 1.97 bits per heavy atom. The lowest BCUT2D eigenvalue weighted by Crippen LogP contribution is -2.27. The molecule has 0 radical (unpaired) electrons. The first-order chi connectivity index (χ1) is 15.0. The second-order valence-electron chi connectivity index (χ2n) is 6.33. The van der Waals surface area contributed by atoms with E-state index in [0.29, 0.717) is 10.9 Å². The van der Waals surface area contributed by atoms with Crippen molar-refractivity contribution in [3.05, 3.63) is 74.3 Å². The predicted octanol–water partition coefficient (Wildman–Crippen LogP) is 4.70. The first kappa shape index (κ1) is 22.8. The monoisotopic (exact) mass is 467 g/mol. The van der Waals surface area contributed by atoms with Gasteiger partial charge in [-0.05, 0) is 31.2 Å². The van der Waals surface area contributed by atoms with Crippen LogP contribution >= 0.6 is 11.6 Å². The number of benzene rings is 1. The number of ether oxygens (including phenoxy) is 1. The average molecular weight is 468 g/mol. The van der Waals surface area contributed by atoms with Crippen LogP contribution < -0.4 is 10.3 Å². The van der Waals surface area contributed by atoms with Crippen molar-refractivity contribution >= 4 is 17.5 Å². The number of alkyl halides is 3. The maximum absolute atomic E-state index is 13.5. The van der Waals surface area contributed by atoms with Gasteiger partial charge in [-0.3, -0.25) is 14.2 Å². The number of hydrogen-bond acceptors (Lipinski definition) is 6. The topological polar surface area (TPSA) is 110 Å². The van der Waals surface area contributed by atoms with E-state index in [2.05, 4.69) is 15.2 Å². The predicted molar refractivity (Wildman–Crippen MR) is 101 cm³/mol. The Labute approximate surface area is 181 Å². The summed E-state index contributed by atoms with van der Waals surface area (Å²) in [7, 11) is 0. The molecule has 0 N–H and O–H groups in total. The third-order valence-electron chi connectivity index (χ3n) is 4.00. The number of halogens is 5. The molecule has 1 aromatic heterocycles. The highest BCUT2D eigenvalue weighted by molar-refractivity contribution is 6.30. The largest absolute Gasteiger partial charge is 0.449 e. The van der Waals surface area contributed by atoms with Crippen LogP contribution in [0.3, 0.4) is 0 Å². The third-order valence-corrected chi connectivity index (χ3v) is 4.22. The third kappa shape index (κ3) is 4.89. The number of nitriles is 1. The number of allylic oxidation sites excluding steroid dienone is 2. The Balaban J connectivity index is 2.08. The van der Waals surface area contributed by atoms with Crippen molar-refractivity contribution < 1.29 is 27.1 Å². The van der Waals surface area contributed by atoms with Gasteiger partial charge in [-0.25, -0.2) is 9.37 Å². The summed E-state index contributed by atoms with van der Waals surface area (Å²) in [6, 6.07) is 5.21. The molecule has 1 aliphatic heterocycles. The van der Waals surface area contributed by atoms with Gasteiger partial charge >= 0.3 is 6.18 Å². The van der Waals surface area contributed by atoms with Gasteiger partial charge in [0.15, 0.2) is 5.69 Å². The fourth-order valence-electron chi connectivity index (χ4n) is 2.60. The summed E-state index contributed by atoms with van der Waals surface area (Å²) >= 11 is 5.83. The maximum atomic E-state index is 13.5. The molecule has 0 atom stereocenters. The zero-order chi connectivity index (χ0) is 23.6. The van der Waals surface area contributed by atoms with Crippen molar-refractivity contribution in [1.29, 1.82) is 5.26 Å². The van der Waals surface area contributed by atoms with Crippen molar-refractivity contribution in [2.75, 3.05) is 0 Å². The molecule has 32 heavy (non-hydrogen) atoms. The highest BCUT2D eigenvalue weighted by atomic mass is 35.5. The highest BCUT2D eigenvalue weighted by Crippen LogP contribution is 2.35. The van der Waals surface area contributed by atoms with E-state index in [9.17, 15) is 27.2 Å². The second-order valence-corrected chi connectivity index (χ2v) is 6.77. The van der Waals surface area contributed by atoms with E-state index in [0.717, 1.165) is 25.1 Å². The summed E-state index contributed by atoms with van der Waals surface area (Å²) in [6.45, 7) is 0.535. The number of carbonyl (C=O) groups excluding carboxylic acids is 1. The average Bonchev–Trinajstić information content (AvgIpc) is 2.70. The number of rotatable bonds is 4. The second kappa shape index (κ2) is 8.72. The minimum atomic E-state index is -5.04. The molecule has 164 valence electrons. The lowest BCUT2D eigenvalue weighted by atomic mass is 10.1. The van der Waals surface area contributed by atoms with Gasteiger partial charge in [0.1, 0.15) is 11.6 Å². The molecule has 0 unspecified atom stereocenters. The Kier molecular flexibility index (Phi) is 6.22. The molecule has 3 rings (SSSR count). The molecule has 0 aliphatic carbocycles. The zero-order valence-corrected chi connectivity index (χ0v) is 16.7. The minimum Gasteiger partial charge on any atom is -0.449 e. The molecule has 1 aromatic carbocycles. The summed E-state index contributed by atoms with van der Waals surface area (Å²) in [5.74, 6) is -3.25. The van der Waals surface area contributed by atoms with Crippen LogP contribution in [0.5, 0.6) is 11.5 Å². The van der Waals surface area contributed by atoms with Gasteiger partial charge in [-0.1, -0.05) is 11.6 Å². The summed E-state index contributed by atoms with van der Waals surface area (Å²) in [5.41, 5.74) is -3.35. The number of hydrogen-bond donors (Lipinski definition) is 0. The molecule has 0 saturated carbocycles. The molecular weight excluding hydrogens is 458 g/mol. The smallest absolute Gasteiger partial charge is 0.437 e. The summed E-state index contributed by atoms with van der Waals surface area (Å²) < 4.78 is 59.6. The highest BCUT2D eigenvalue weighted by Gasteiger charge is 2.39.